The Morgan fingerprint density at radius 2 is 2.21 bits per heavy atom. The Balaban J connectivity index is 2.00. The van der Waals surface area contributed by atoms with E-state index in [-0.39, 0.29) is 17.9 Å². The van der Waals surface area contributed by atoms with Gasteiger partial charge in [0.2, 0.25) is 5.91 Å². The second-order valence-electron chi connectivity index (χ2n) is 4.20. The monoisotopic (exact) mass is 265 g/mol. The van der Waals surface area contributed by atoms with Crippen LogP contribution in [-0.2, 0) is 17.8 Å². The average molecular weight is 265 g/mol. The molecule has 0 atom stereocenters. The minimum absolute atomic E-state index is 0.108. The maximum atomic E-state index is 13.4. The van der Waals surface area contributed by atoms with E-state index < -0.39 is 11.6 Å². The lowest BCUT2D eigenvalue weighted by atomic mass is 10.1. The number of rotatable bonds is 4. The molecule has 0 saturated heterocycles. The van der Waals surface area contributed by atoms with Gasteiger partial charge in [0.05, 0.1) is 13.0 Å². The molecule has 0 unspecified atom stereocenters. The van der Waals surface area contributed by atoms with E-state index in [4.69, 9.17) is 0 Å². The molecule has 0 bridgehead atoms. The summed E-state index contributed by atoms with van der Waals surface area (Å²) < 4.78 is 26.2. The third-order valence-electron chi connectivity index (χ3n) is 2.72. The van der Waals surface area contributed by atoms with Crippen molar-refractivity contribution in [2.45, 2.75) is 13.0 Å². The van der Waals surface area contributed by atoms with Crippen molar-refractivity contribution < 1.29 is 13.6 Å². The summed E-state index contributed by atoms with van der Waals surface area (Å²) in [5.41, 5.74) is 0.178. The highest BCUT2D eigenvalue weighted by atomic mass is 19.1. The standard InChI is InChI=1S/C13H13F2N3O/c1-18(8-12-16-4-5-17-12)13(19)6-9-2-3-10(14)7-11(9)15/h2-5,7H,6,8H2,1H3,(H,16,17). The number of aromatic amines is 1. The van der Waals surface area contributed by atoms with Crippen molar-refractivity contribution in [1.82, 2.24) is 14.9 Å². The maximum Gasteiger partial charge on any atom is 0.227 e. The number of nitrogens with one attached hydrogen (secondary N) is 1. The Morgan fingerprint density at radius 3 is 2.84 bits per heavy atom. The second kappa shape index (κ2) is 5.60. The second-order valence-corrected chi connectivity index (χ2v) is 4.20. The molecule has 1 aromatic carbocycles. The zero-order chi connectivity index (χ0) is 13.8. The molecule has 100 valence electrons. The van der Waals surface area contributed by atoms with Crippen LogP contribution in [0.3, 0.4) is 0 Å². The van der Waals surface area contributed by atoms with Gasteiger partial charge in [0.25, 0.3) is 0 Å². The van der Waals surface area contributed by atoms with Crippen LogP contribution in [0.25, 0.3) is 0 Å². The van der Waals surface area contributed by atoms with Crippen LogP contribution in [-0.4, -0.2) is 27.8 Å². The topological polar surface area (TPSA) is 49.0 Å². The number of halogens is 2. The SMILES string of the molecule is CN(Cc1ncc[nH]1)C(=O)Cc1ccc(F)cc1F. The number of hydrogen-bond acceptors (Lipinski definition) is 2. The fraction of sp³-hybridized carbons (Fsp3) is 0.231. The molecule has 1 amide bonds. The Bertz CT molecular complexity index is 569. The molecule has 0 aliphatic rings. The number of carbonyl (C=O) groups excluding carboxylic acids is 1. The van der Waals surface area contributed by atoms with Crippen LogP contribution in [0.4, 0.5) is 8.78 Å². The van der Waals surface area contributed by atoms with E-state index in [0.717, 1.165) is 12.1 Å². The molecule has 6 heteroatoms. The van der Waals surface area contributed by atoms with Crippen molar-refractivity contribution in [3.63, 3.8) is 0 Å². The minimum Gasteiger partial charge on any atom is -0.347 e. The first-order valence-corrected chi connectivity index (χ1v) is 5.72. The summed E-state index contributed by atoms with van der Waals surface area (Å²) in [6.45, 7) is 0.314. The number of carbonyl (C=O) groups is 1. The first-order valence-electron chi connectivity index (χ1n) is 5.72. The number of imidazole rings is 1. The Labute approximate surface area is 109 Å². The Kier molecular flexibility index (Phi) is 3.89. The summed E-state index contributed by atoms with van der Waals surface area (Å²) >= 11 is 0. The summed E-state index contributed by atoms with van der Waals surface area (Å²) in [6.07, 6.45) is 3.14. The highest BCUT2D eigenvalue weighted by molar-refractivity contribution is 5.78. The maximum absolute atomic E-state index is 13.4. The van der Waals surface area contributed by atoms with Crippen molar-refractivity contribution in [3.05, 3.63) is 53.6 Å². The predicted octanol–water partition coefficient (Wildman–Crippen LogP) is 1.89. The Hall–Kier alpha value is -2.24. The largest absolute Gasteiger partial charge is 0.347 e. The smallest absolute Gasteiger partial charge is 0.227 e. The molecular formula is C13H13F2N3O. The van der Waals surface area contributed by atoms with Gasteiger partial charge in [-0.3, -0.25) is 4.79 Å². The Morgan fingerprint density at radius 1 is 1.42 bits per heavy atom. The van der Waals surface area contributed by atoms with Gasteiger partial charge in [-0.2, -0.15) is 0 Å². The molecule has 0 radical (unpaired) electrons. The molecule has 0 spiro atoms. The molecule has 4 nitrogen and oxygen atoms in total. The molecule has 1 N–H and O–H groups in total. The van der Waals surface area contributed by atoms with E-state index in [1.165, 1.54) is 11.0 Å². The predicted molar refractivity (Wildman–Crippen MR) is 65.1 cm³/mol. The number of likely N-dealkylation sites (N-methyl/N-ethyl adjacent to an activating group) is 1. The van der Waals surface area contributed by atoms with Gasteiger partial charge in [0, 0.05) is 25.5 Å². The van der Waals surface area contributed by atoms with Crippen LogP contribution >= 0.6 is 0 Å². The summed E-state index contributed by atoms with van der Waals surface area (Å²) in [5.74, 6) is -0.977. The van der Waals surface area contributed by atoms with Gasteiger partial charge in [0.1, 0.15) is 17.5 Å². The van der Waals surface area contributed by atoms with E-state index in [2.05, 4.69) is 9.97 Å². The first kappa shape index (κ1) is 13.2. The van der Waals surface area contributed by atoms with Crippen molar-refractivity contribution in [3.8, 4) is 0 Å². The molecule has 2 aromatic rings. The van der Waals surface area contributed by atoms with Crippen LogP contribution in [0.15, 0.2) is 30.6 Å². The van der Waals surface area contributed by atoms with Crippen LogP contribution in [0, 0.1) is 11.6 Å². The lowest BCUT2D eigenvalue weighted by molar-refractivity contribution is -0.129. The molecule has 0 aliphatic heterocycles. The molecule has 1 aromatic heterocycles. The van der Waals surface area contributed by atoms with Crippen molar-refractivity contribution >= 4 is 5.91 Å². The fourth-order valence-electron chi connectivity index (χ4n) is 1.66. The van der Waals surface area contributed by atoms with Crippen LogP contribution in [0.1, 0.15) is 11.4 Å². The normalized spacial score (nSPS) is 10.5. The van der Waals surface area contributed by atoms with E-state index in [9.17, 15) is 13.6 Å². The first-order chi connectivity index (χ1) is 9.06. The summed E-state index contributed by atoms with van der Waals surface area (Å²) in [6, 6.07) is 3.19. The van der Waals surface area contributed by atoms with Crippen molar-refractivity contribution in [1.29, 1.82) is 0 Å². The third kappa shape index (κ3) is 3.37. The zero-order valence-corrected chi connectivity index (χ0v) is 10.4. The number of aromatic nitrogens is 2. The fourth-order valence-corrected chi connectivity index (χ4v) is 1.66. The summed E-state index contributed by atoms with van der Waals surface area (Å²) in [7, 11) is 1.60. The van der Waals surface area contributed by atoms with Gasteiger partial charge < -0.3 is 9.88 Å². The molecule has 0 aliphatic carbocycles. The summed E-state index contributed by atoms with van der Waals surface area (Å²) in [5, 5.41) is 0. The van der Waals surface area contributed by atoms with Crippen LogP contribution in [0.2, 0.25) is 0 Å². The van der Waals surface area contributed by atoms with E-state index in [1.54, 1.807) is 19.4 Å². The molecule has 2 rings (SSSR count). The molecule has 0 saturated carbocycles. The number of H-pyrrole nitrogens is 1. The van der Waals surface area contributed by atoms with Crippen molar-refractivity contribution in [2.75, 3.05) is 7.05 Å². The average Bonchev–Trinajstić information content (AvgIpc) is 2.85. The minimum atomic E-state index is -0.709. The zero-order valence-electron chi connectivity index (χ0n) is 10.4. The molecule has 19 heavy (non-hydrogen) atoms. The van der Waals surface area contributed by atoms with E-state index >= 15 is 0 Å². The van der Waals surface area contributed by atoms with Gasteiger partial charge in [-0.1, -0.05) is 6.07 Å². The van der Waals surface area contributed by atoms with E-state index in [1.807, 2.05) is 0 Å². The quantitative estimate of drug-likeness (QED) is 0.917. The summed E-state index contributed by atoms with van der Waals surface area (Å²) in [4.78, 5) is 20.2. The number of benzene rings is 1. The lowest BCUT2D eigenvalue weighted by Crippen LogP contribution is -2.28. The number of nitrogens with zero attached hydrogens (tertiary/aromatic N) is 2. The van der Waals surface area contributed by atoms with Crippen molar-refractivity contribution in [2.24, 2.45) is 0 Å². The van der Waals surface area contributed by atoms with Crippen LogP contribution < -0.4 is 0 Å². The van der Waals surface area contributed by atoms with E-state index in [0.29, 0.717) is 12.4 Å². The van der Waals surface area contributed by atoms with Gasteiger partial charge in [0.15, 0.2) is 0 Å². The van der Waals surface area contributed by atoms with Gasteiger partial charge >= 0.3 is 0 Å². The molecule has 1 heterocycles. The van der Waals surface area contributed by atoms with Gasteiger partial charge in [-0.25, -0.2) is 13.8 Å². The van der Waals surface area contributed by atoms with Gasteiger partial charge in [-0.05, 0) is 11.6 Å². The number of hydrogen-bond donors (Lipinski definition) is 1. The highest BCUT2D eigenvalue weighted by Crippen LogP contribution is 2.11. The third-order valence-corrected chi connectivity index (χ3v) is 2.72. The van der Waals surface area contributed by atoms with Crippen LogP contribution in [0.5, 0.6) is 0 Å². The lowest BCUT2D eigenvalue weighted by Gasteiger charge is -2.16. The van der Waals surface area contributed by atoms with Gasteiger partial charge in [-0.15, -0.1) is 0 Å². The molecular weight excluding hydrogens is 252 g/mol. The highest BCUT2D eigenvalue weighted by Gasteiger charge is 2.14. The molecule has 0 fully saturated rings. The number of amides is 1.